The van der Waals surface area contributed by atoms with Crippen LogP contribution in [0.25, 0.3) is 10.8 Å². The van der Waals surface area contributed by atoms with Crippen molar-refractivity contribution in [2.45, 2.75) is 0 Å². The molecule has 2 aromatic carbocycles. The van der Waals surface area contributed by atoms with E-state index in [1.807, 2.05) is 36.4 Å². The first-order chi connectivity index (χ1) is 7.31. The van der Waals surface area contributed by atoms with Gasteiger partial charge in [0.15, 0.2) is 0 Å². The van der Waals surface area contributed by atoms with Gasteiger partial charge in [-0.3, -0.25) is 0 Å². The summed E-state index contributed by atoms with van der Waals surface area (Å²) in [6.45, 7) is 0. The molecule has 1 N–H and O–H groups in total. The number of fused-ring (bicyclic) bond motifs is 1. The minimum Gasteiger partial charge on any atom is -1.00 e. The van der Waals surface area contributed by atoms with Gasteiger partial charge in [0.05, 0.1) is 0 Å². The molecule has 4 heteroatoms. The smallest absolute Gasteiger partial charge is 1.00 e. The van der Waals surface area contributed by atoms with Crippen molar-refractivity contribution in [3.05, 3.63) is 42.5 Å². The van der Waals surface area contributed by atoms with Gasteiger partial charge in [0.2, 0.25) is 0 Å². The van der Waals surface area contributed by atoms with E-state index in [0.29, 0.717) is 5.75 Å². The molecule has 0 aliphatic carbocycles. The number of amides is 1. The Hall–Kier alpha value is -1.03. The molecule has 0 aliphatic heterocycles. The molecule has 1 amide bonds. The molecule has 0 unspecified atom stereocenters. The number of hydrogen-bond donors (Lipinski definition) is 1. The maximum Gasteiger partial charge on any atom is 1.00 e. The number of nitrogens with one attached hydrogen (secondary N) is 1. The summed E-state index contributed by atoms with van der Waals surface area (Å²) in [5, 5.41) is 4.41. The Labute approximate surface area is 118 Å². The Kier molecular flexibility index (Phi) is 4.80. The molecular weight excluding hydrogens is 213 g/mol. The van der Waals surface area contributed by atoms with Crippen LogP contribution in [0.1, 0.15) is 1.43 Å². The second kappa shape index (κ2) is 5.89. The van der Waals surface area contributed by atoms with Crippen molar-refractivity contribution in [2.75, 3.05) is 7.05 Å². The summed E-state index contributed by atoms with van der Waals surface area (Å²) in [4.78, 5) is 11.1. The fourth-order valence-corrected chi connectivity index (χ4v) is 1.44. The van der Waals surface area contributed by atoms with Gasteiger partial charge in [-0.15, -0.1) is 0 Å². The maximum atomic E-state index is 11.1. The zero-order valence-corrected chi connectivity index (χ0v) is 11.4. The zero-order valence-electron chi connectivity index (χ0n) is 10.4. The number of benzene rings is 2. The van der Waals surface area contributed by atoms with E-state index in [1.165, 1.54) is 7.05 Å². The van der Waals surface area contributed by atoms with Crippen LogP contribution in [0.5, 0.6) is 5.75 Å². The van der Waals surface area contributed by atoms with Crippen LogP contribution in [0.15, 0.2) is 42.5 Å². The first-order valence-corrected chi connectivity index (χ1v) is 4.68. The molecule has 16 heavy (non-hydrogen) atoms. The largest absolute Gasteiger partial charge is 1.00 e. The molecule has 0 aromatic heterocycles. The summed E-state index contributed by atoms with van der Waals surface area (Å²) < 4.78 is 5.13. The molecular formula is C12H12NNaO2. The van der Waals surface area contributed by atoms with Crippen molar-refractivity contribution in [1.29, 1.82) is 0 Å². The summed E-state index contributed by atoms with van der Waals surface area (Å²) in [7, 11) is 1.54. The van der Waals surface area contributed by atoms with E-state index < -0.39 is 6.09 Å². The second-order valence-corrected chi connectivity index (χ2v) is 3.12. The van der Waals surface area contributed by atoms with E-state index in [9.17, 15) is 4.79 Å². The number of hydrogen-bond acceptors (Lipinski definition) is 2. The Bertz CT molecular complexity index is 499. The van der Waals surface area contributed by atoms with Crippen molar-refractivity contribution in [3.63, 3.8) is 0 Å². The van der Waals surface area contributed by atoms with Gasteiger partial charge in [-0.05, 0) is 11.5 Å². The zero-order chi connectivity index (χ0) is 10.7. The van der Waals surface area contributed by atoms with Crippen molar-refractivity contribution in [2.24, 2.45) is 0 Å². The summed E-state index contributed by atoms with van der Waals surface area (Å²) >= 11 is 0. The van der Waals surface area contributed by atoms with Crippen LogP contribution >= 0.6 is 0 Å². The van der Waals surface area contributed by atoms with E-state index in [1.54, 1.807) is 6.07 Å². The van der Waals surface area contributed by atoms with E-state index in [4.69, 9.17) is 4.74 Å². The summed E-state index contributed by atoms with van der Waals surface area (Å²) in [6, 6.07) is 13.4. The minimum absolute atomic E-state index is 0. The van der Waals surface area contributed by atoms with E-state index in [0.717, 1.165) is 10.8 Å². The van der Waals surface area contributed by atoms with Crippen LogP contribution in [-0.2, 0) is 0 Å². The topological polar surface area (TPSA) is 38.3 Å². The van der Waals surface area contributed by atoms with Crippen LogP contribution in [-0.4, -0.2) is 13.1 Å². The van der Waals surface area contributed by atoms with Gasteiger partial charge >= 0.3 is 35.7 Å². The first-order valence-electron chi connectivity index (χ1n) is 4.68. The average molecular weight is 225 g/mol. The minimum atomic E-state index is -0.452. The molecule has 0 saturated heterocycles. The molecule has 78 valence electrons. The van der Waals surface area contributed by atoms with Crippen LogP contribution in [0.2, 0.25) is 0 Å². The predicted octanol–water partition coefficient (Wildman–Crippen LogP) is -0.326. The summed E-state index contributed by atoms with van der Waals surface area (Å²) in [5.74, 6) is 0.576. The fourth-order valence-electron chi connectivity index (χ4n) is 1.44. The molecule has 2 rings (SSSR count). The quantitative estimate of drug-likeness (QED) is 0.675. The van der Waals surface area contributed by atoms with E-state index in [2.05, 4.69) is 5.32 Å². The Morgan fingerprint density at radius 3 is 2.62 bits per heavy atom. The van der Waals surface area contributed by atoms with Gasteiger partial charge in [0.25, 0.3) is 0 Å². The number of ether oxygens (including phenoxy) is 1. The Morgan fingerprint density at radius 1 is 1.19 bits per heavy atom. The number of carbonyl (C=O) groups is 1. The van der Waals surface area contributed by atoms with Gasteiger partial charge in [-0.2, -0.15) is 0 Å². The molecule has 0 fully saturated rings. The molecule has 0 bridgehead atoms. The molecule has 0 spiro atoms. The van der Waals surface area contributed by atoms with E-state index >= 15 is 0 Å². The molecule has 2 aromatic rings. The SMILES string of the molecule is CNC(=O)Oc1cccc2ccccc12.[H-].[Na+]. The van der Waals surface area contributed by atoms with Gasteiger partial charge in [0.1, 0.15) is 5.75 Å². The predicted molar refractivity (Wildman–Crippen MR) is 60.1 cm³/mol. The average Bonchev–Trinajstić information content (AvgIpc) is 2.29. The molecule has 3 nitrogen and oxygen atoms in total. The second-order valence-electron chi connectivity index (χ2n) is 3.12. The van der Waals surface area contributed by atoms with Crippen LogP contribution in [0.4, 0.5) is 4.79 Å². The number of rotatable bonds is 1. The van der Waals surface area contributed by atoms with E-state index in [-0.39, 0.29) is 31.0 Å². The van der Waals surface area contributed by atoms with Gasteiger partial charge in [-0.25, -0.2) is 4.79 Å². The van der Waals surface area contributed by atoms with Crippen molar-refractivity contribution in [1.82, 2.24) is 5.32 Å². The number of carbonyl (C=O) groups excluding carboxylic acids is 1. The van der Waals surface area contributed by atoms with Crippen molar-refractivity contribution in [3.8, 4) is 5.75 Å². The molecule has 0 aliphatic rings. The molecule has 0 heterocycles. The molecule has 0 radical (unpaired) electrons. The van der Waals surface area contributed by atoms with Crippen LogP contribution in [0, 0.1) is 0 Å². The van der Waals surface area contributed by atoms with Crippen LogP contribution in [0.3, 0.4) is 0 Å². The van der Waals surface area contributed by atoms with Crippen molar-refractivity contribution >= 4 is 16.9 Å². The van der Waals surface area contributed by atoms with Crippen molar-refractivity contribution < 1.29 is 40.5 Å². The first kappa shape index (κ1) is 13.0. The van der Waals surface area contributed by atoms with Gasteiger partial charge in [-0.1, -0.05) is 36.4 Å². The third-order valence-corrected chi connectivity index (χ3v) is 2.16. The third kappa shape index (κ3) is 2.76. The monoisotopic (exact) mass is 225 g/mol. The Balaban J connectivity index is 0.00000128. The third-order valence-electron chi connectivity index (χ3n) is 2.16. The van der Waals surface area contributed by atoms with Crippen LogP contribution < -0.4 is 39.6 Å². The van der Waals surface area contributed by atoms with Gasteiger partial charge < -0.3 is 11.5 Å². The standard InChI is InChI=1S/C12H11NO2.Na.H/c1-13-12(14)15-11-8-4-6-9-5-2-3-7-10(9)11;;/h2-8H,1H3,(H,13,14);;/q;+1;-1. The molecule has 0 atom stereocenters. The normalized spacial score (nSPS) is 9.31. The molecule has 0 saturated carbocycles. The van der Waals surface area contributed by atoms with Gasteiger partial charge in [0, 0.05) is 12.4 Å². The Morgan fingerprint density at radius 2 is 1.88 bits per heavy atom. The summed E-state index contributed by atoms with van der Waals surface area (Å²) in [5.41, 5.74) is 0. The fraction of sp³-hybridized carbons (Fsp3) is 0.0833. The maximum absolute atomic E-state index is 11.1. The summed E-state index contributed by atoms with van der Waals surface area (Å²) in [6.07, 6.45) is -0.452.